The molecule has 0 atom stereocenters. The van der Waals surface area contributed by atoms with Crippen LogP contribution in [0.3, 0.4) is 0 Å². The minimum atomic E-state index is 0.639. The first-order valence-corrected chi connectivity index (χ1v) is 7.84. The molecule has 0 aromatic carbocycles. The molecular weight excluding hydrogens is 264 g/mol. The molecule has 0 fully saturated rings. The zero-order chi connectivity index (χ0) is 13.0. The van der Waals surface area contributed by atoms with E-state index in [0.29, 0.717) is 5.92 Å². The van der Waals surface area contributed by atoms with Gasteiger partial charge in [0.2, 0.25) is 5.13 Å². The second-order valence-electron chi connectivity index (χ2n) is 4.56. The number of aromatic nitrogens is 3. The van der Waals surface area contributed by atoms with Crippen LogP contribution in [-0.4, -0.2) is 21.7 Å². The Morgan fingerprint density at radius 3 is 2.83 bits per heavy atom. The van der Waals surface area contributed by atoms with E-state index in [-0.39, 0.29) is 0 Å². The van der Waals surface area contributed by atoms with Crippen molar-refractivity contribution >= 4 is 27.8 Å². The minimum absolute atomic E-state index is 0.639. The average molecular weight is 282 g/mol. The molecule has 2 aromatic rings. The summed E-state index contributed by atoms with van der Waals surface area (Å²) in [6.07, 6.45) is 4.03. The van der Waals surface area contributed by atoms with Crippen molar-refractivity contribution in [3.63, 3.8) is 0 Å². The van der Waals surface area contributed by atoms with Crippen LogP contribution < -0.4 is 5.32 Å². The molecule has 0 aliphatic carbocycles. The van der Waals surface area contributed by atoms with E-state index in [2.05, 4.69) is 41.3 Å². The first-order chi connectivity index (χ1) is 8.69. The fourth-order valence-corrected chi connectivity index (χ4v) is 3.41. The smallest absolute Gasteiger partial charge is 0.206 e. The summed E-state index contributed by atoms with van der Waals surface area (Å²) in [6, 6.07) is 0. The van der Waals surface area contributed by atoms with E-state index in [1.54, 1.807) is 22.7 Å². The van der Waals surface area contributed by atoms with Crippen molar-refractivity contribution in [1.29, 1.82) is 0 Å². The summed E-state index contributed by atoms with van der Waals surface area (Å²) in [6.45, 7) is 7.49. The van der Waals surface area contributed by atoms with Crippen molar-refractivity contribution in [2.45, 2.75) is 33.6 Å². The largest absolute Gasteiger partial charge is 0.360 e. The quantitative estimate of drug-likeness (QED) is 0.878. The standard InChI is InChI=1S/C12H18N4S2/c1-4-5-13-12-16-15-11(18-12)9-7-14-10(17-9)6-8(2)3/h7-8H,4-6H2,1-3H3,(H,13,16). The molecule has 6 heteroatoms. The number of nitrogens with one attached hydrogen (secondary N) is 1. The maximum atomic E-state index is 4.44. The summed E-state index contributed by atoms with van der Waals surface area (Å²) >= 11 is 3.32. The molecule has 18 heavy (non-hydrogen) atoms. The van der Waals surface area contributed by atoms with Crippen LogP contribution in [0.4, 0.5) is 5.13 Å². The fourth-order valence-electron chi connectivity index (χ4n) is 1.48. The van der Waals surface area contributed by atoms with Gasteiger partial charge in [0, 0.05) is 19.2 Å². The molecule has 2 rings (SSSR count). The fraction of sp³-hybridized carbons (Fsp3) is 0.583. The zero-order valence-corrected chi connectivity index (χ0v) is 12.6. The summed E-state index contributed by atoms with van der Waals surface area (Å²) < 4.78 is 0. The number of nitrogens with zero attached hydrogens (tertiary/aromatic N) is 3. The van der Waals surface area contributed by atoms with Gasteiger partial charge in [0.15, 0.2) is 5.01 Å². The lowest BCUT2D eigenvalue weighted by atomic mass is 10.1. The molecule has 0 radical (unpaired) electrons. The molecule has 4 nitrogen and oxygen atoms in total. The third kappa shape index (κ3) is 3.49. The van der Waals surface area contributed by atoms with Crippen LogP contribution in [0, 0.1) is 5.92 Å². The Morgan fingerprint density at radius 1 is 1.28 bits per heavy atom. The maximum Gasteiger partial charge on any atom is 0.206 e. The lowest BCUT2D eigenvalue weighted by Gasteiger charge is -1.97. The van der Waals surface area contributed by atoms with E-state index in [0.717, 1.165) is 34.4 Å². The van der Waals surface area contributed by atoms with Crippen LogP contribution in [0.5, 0.6) is 0 Å². The zero-order valence-electron chi connectivity index (χ0n) is 10.9. The Hall–Kier alpha value is -1.01. The van der Waals surface area contributed by atoms with Gasteiger partial charge in [-0.15, -0.1) is 21.5 Å². The summed E-state index contributed by atoms with van der Waals surface area (Å²) in [7, 11) is 0. The molecule has 0 saturated carbocycles. The van der Waals surface area contributed by atoms with E-state index in [9.17, 15) is 0 Å². The number of rotatable bonds is 6. The van der Waals surface area contributed by atoms with Crippen molar-refractivity contribution in [3.05, 3.63) is 11.2 Å². The van der Waals surface area contributed by atoms with Gasteiger partial charge in [0.05, 0.1) is 9.88 Å². The number of hydrogen-bond donors (Lipinski definition) is 1. The number of anilines is 1. The second-order valence-corrected chi connectivity index (χ2v) is 6.65. The second kappa shape index (κ2) is 6.24. The van der Waals surface area contributed by atoms with Crippen molar-refractivity contribution in [3.8, 4) is 9.88 Å². The molecule has 0 bridgehead atoms. The highest BCUT2D eigenvalue weighted by atomic mass is 32.1. The Balaban J connectivity index is 2.06. The lowest BCUT2D eigenvalue weighted by Crippen LogP contribution is -1.98. The van der Waals surface area contributed by atoms with E-state index in [4.69, 9.17) is 0 Å². The molecule has 2 aromatic heterocycles. The molecule has 0 aliphatic rings. The minimum Gasteiger partial charge on any atom is -0.360 e. The Kier molecular flexibility index (Phi) is 4.66. The summed E-state index contributed by atoms with van der Waals surface area (Å²) in [5.41, 5.74) is 0. The molecule has 0 saturated heterocycles. The van der Waals surface area contributed by atoms with Gasteiger partial charge in [-0.3, -0.25) is 0 Å². The van der Waals surface area contributed by atoms with E-state index >= 15 is 0 Å². The molecule has 0 unspecified atom stereocenters. The van der Waals surface area contributed by atoms with Gasteiger partial charge in [-0.05, 0) is 12.3 Å². The van der Waals surface area contributed by atoms with E-state index in [1.807, 2.05) is 6.20 Å². The highest BCUT2D eigenvalue weighted by Crippen LogP contribution is 2.31. The first-order valence-electron chi connectivity index (χ1n) is 6.21. The Morgan fingerprint density at radius 2 is 2.11 bits per heavy atom. The van der Waals surface area contributed by atoms with Crippen LogP contribution in [0.25, 0.3) is 9.88 Å². The van der Waals surface area contributed by atoms with Gasteiger partial charge in [-0.2, -0.15) is 0 Å². The maximum absolute atomic E-state index is 4.44. The van der Waals surface area contributed by atoms with Crippen molar-refractivity contribution in [2.24, 2.45) is 5.92 Å². The molecule has 0 amide bonds. The van der Waals surface area contributed by atoms with Crippen LogP contribution in [-0.2, 0) is 6.42 Å². The summed E-state index contributed by atoms with van der Waals surface area (Å²) in [5.74, 6) is 0.639. The van der Waals surface area contributed by atoms with E-state index < -0.39 is 0 Å². The average Bonchev–Trinajstić information content (AvgIpc) is 2.94. The van der Waals surface area contributed by atoms with Gasteiger partial charge < -0.3 is 5.32 Å². The van der Waals surface area contributed by atoms with Gasteiger partial charge in [0.25, 0.3) is 0 Å². The van der Waals surface area contributed by atoms with Crippen molar-refractivity contribution in [1.82, 2.24) is 15.2 Å². The van der Waals surface area contributed by atoms with Gasteiger partial charge in [-0.25, -0.2) is 4.98 Å². The van der Waals surface area contributed by atoms with Gasteiger partial charge in [-0.1, -0.05) is 32.1 Å². The Labute approximate surface area is 116 Å². The molecule has 1 N–H and O–H groups in total. The number of thiazole rings is 1. The SMILES string of the molecule is CCCNc1nnc(-c2cnc(CC(C)C)s2)s1. The van der Waals surface area contributed by atoms with Crippen molar-refractivity contribution < 1.29 is 0 Å². The summed E-state index contributed by atoms with van der Waals surface area (Å²) in [4.78, 5) is 5.56. The monoisotopic (exact) mass is 282 g/mol. The van der Waals surface area contributed by atoms with Crippen molar-refractivity contribution in [2.75, 3.05) is 11.9 Å². The predicted octanol–water partition coefficient (Wildman–Crippen LogP) is 3.68. The van der Waals surface area contributed by atoms with Gasteiger partial charge in [0.1, 0.15) is 0 Å². The first kappa shape index (κ1) is 13.4. The third-order valence-corrected chi connectivity index (χ3v) is 4.37. The third-order valence-electron chi connectivity index (χ3n) is 2.30. The molecule has 0 spiro atoms. The van der Waals surface area contributed by atoms with Crippen LogP contribution in [0.2, 0.25) is 0 Å². The predicted molar refractivity (Wildman–Crippen MR) is 78.3 cm³/mol. The summed E-state index contributed by atoms with van der Waals surface area (Å²) in [5, 5.41) is 14.6. The molecule has 98 valence electrons. The highest BCUT2D eigenvalue weighted by molar-refractivity contribution is 7.23. The molecule has 2 heterocycles. The number of hydrogen-bond acceptors (Lipinski definition) is 6. The van der Waals surface area contributed by atoms with Crippen LogP contribution in [0.15, 0.2) is 6.20 Å². The van der Waals surface area contributed by atoms with Crippen LogP contribution >= 0.6 is 22.7 Å². The van der Waals surface area contributed by atoms with E-state index in [1.165, 1.54) is 5.01 Å². The normalized spacial score (nSPS) is 11.1. The van der Waals surface area contributed by atoms with Gasteiger partial charge >= 0.3 is 0 Å². The topological polar surface area (TPSA) is 50.7 Å². The lowest BCUT2D eigenvalue weighted by molar-refractivity contribution is 0.644. The molecule has 0 aliphatic heterocycles. The molecular formula is C12H18N4S2. The Bertz CT molecular complexity index is 490. The highest BCUT2D eigenvalue weighted by Gasteiger charge is 2.10. The van der Waals surface area contributed by atoms with Crippen LogP contribution in [0.1, 0.15) is 32.2 Å².